The Morgan fingerprint density at radius 3 is 2.22 bits per heavy atom. The van der Waals surface area contributed by atoms with Crippen molar-refractivity contribution in [3.8, 4) is 0 Å². The molecule has 0 aromatic carbocycles. The summed E-state index contributed by atoms with van der Waals surface area (Å²) in [5, 5.41) is 0. The summed E-state index contributed by atoms with van der Waals surface area (Å²) in [5.74, 6) is 0. The van der Waals surface area contributed by atoms with Gasteiger partial charge in [0.05, 0.1) is 0 Å². The number of aromatic amines is 1. The molecular formula is C15H28N2S. The van der Waals surface area contributed by atoms with Crippen LogP contribution in [0.3, 0.4) is 0 Å². The van der Waals surface area contributed by atoms with Crippen LogP contribution in [0.4, 0.5) is 0 Å². The van der Waals surface area contributed by atoms with Crippen LogP contribution >= 0.6 is 12.2 Å². The van der Waals surface area contributed by atoms with E-state index in [1.54, 1.807) is 0 Å². The van der Waals surface area contributed by atoms with Crippen molar-refractivity contribution >= 4 is 12.2 Å². The molecule has 1 N–H and O–H groups in total. The van der Waals surface area contributed by atoms with E-state index in [1.165, 1.54) is 57.1 Å². The lowest BCUT2D eigenvalue weighted by Gasteiger charge is -2.06. The Hall–Kier alpha value is -0.570. The molecule has 0 saturated heterocycles. The minimum absolute atomic E-state index is 0.884. The molecule has 1 aromatic rings. The summed E-state index contributed by atoms with van der Waals surface area (Å²) in [6, 6.07) is 0. The Kier molecular flexibility index (Phi) is 8.06. The minimum Gasteiger partial charge on any atom is -0.337 e. The van der Waals surface area contributed by atoms with E-state index < -0.39 is 0 Å². The van der Waals surface area contributed by atoms with Crippen LogP contribution in [0.15, 0.2) is 6.20 Å². The van der Waals surface area contributed by atoms with Crippen molar-refractivity contribution in [2.24, 2.45) is 0 Å². The van der Waals surface area contributed by atoms with Crippen LogP contribution in [0, 0.1) is 4.77 Å². The quantitative estimate of drug-likeness (QED) is 0.454. The summed E-state index contributed by atoms with van der Waals surface area (Å²) in [7, 11) is 0. The molecule has 0 fully saturated rings. The van der Waals surface area contributed by atoms with Gasteiger partial charge in [0.25, 0.3) is 0 Å². The van der Waals surface area contributed by atoms with Gasteiger partial charge in [0.15, 0.2) is 4.77 Å². The van der Waals surface area contributed by atoms with Crippen molar-refractivity contribution in [2.45, 2.75) is 78.2 Å². The van der Waals surface area contributed by atoms with Gasteiger partial charge in [-0.25, -0.2) is 0 Å². The standard InChI is InChI=1S/C15H28N2S/c1-3-5-6-7-8-9-10-11-12-17-14(4-2)13-16-15(17)18/h13H,3-12H2,1-2H3,(H,16,18). The molecule has 0 aliphatic rings. The maximum absolute atomic E-state index is 5.30. The number of hydrogen-bond donors (Lipinski definition) is 1. The van der Waals surface area contributed by atoms with Crippen molar-refractivity contribution in [3.05, 3.63) is 16.7 Å². The van der Waals surface area contributed by atoms with E-state index in [0.717, 1.165) is 17.7 Å². The maximum Gasteiger partial charge on any atom is 0.177 e. The topological polar surface area (TPSA) is 20.7 Å². The fourth-order valence-corrected chi connectivity index (χ4v) is 2.64. The number of unbranched alkanes of at least 4 members (excludes halogenated alkanes) is 7. The molecule has 104 valence electrons. The highest BCUT2D eigenvalue weighted by molar-refractivity contribution is 7.71. The second-order valence-electron chi connectivity index (χ2n) is 5.07. The fourth-order valence-electron chi connectivity index (χ4n) is 2.37. The predicted molar refractivity (Wildman–Crippen MR) is 81.6 cm³/mol. The third-order valence-electron chi connectivity index (χ3n) is 3.55. The second-order valence-corrected chi connectivity index (χ2v) is 5.45. The van der Waals surface area contributed by atoms with Gasteiger partial charge in [0, 0.05) is 18.4 Å². The van der Waals surface area contributed by atoms with E-state index in [1.807, 2.05) is 6.20 Å². The van der Waals surface area contributed by atoms with Gasteiger partial charge in [-0.3, -0.25) is 0 Å². The Bertz CT molecular complexity index is 365. The van der Waals surface area contributed by atoms with Crippen LogP contribution < -0.4 is 0 Å². The van der Waals surface area contributed by atoms with Gasteiger partial charge in [-0.1, -0.05) is 58.8 Å². The number of nitrogens with zero attached hydrogens (tertiary/aromatic N) is 1. The molecule has 0 unspecified atom stereocenters. The van der Waals surface area contributed by atoms with Crippen LogP contribution in [0.5, 0.6) is 0 Å². The molecular weight excluding hydrogens is 240 g/mol. The number of H-pyrrole nitrogens is 1. The van der Waals surface area contributed by atoms with E-state index in [-0.39, 0.29) is 0 Å². The largest absolute Gasteiger partial charge is 0.337 e. The molecule has 1 heterocycles. The van der Waals surface area contributed by atoms with E-state index in [9.17, 15) is 0 Å². The minimum atomic E-state index is 0.884. The number of hydrogen-bond acceptors (Lipinski definition) is 1. The average molecular weight is 268 g/mol. The molecule has 1 aromatic heterocycles. The fraction of sp³-hybridized carbons (Fsp3) is 0.800. The number of rotatable bonds is 10. The second kappa shape index (κ2) is 9.37. The van der Waals surface area contributed by atoms with Gasteiger partial charge in [-0.15, -0.1) is 0 Å². The zero-order chi connectivity index (χ0) is 13.2. The highest BCUT2D eigenvalue weighted by atomic mass is 32.1. The van der Waals surface area contributed by atoms with E-state index >= 15 is 0 Å². The molecule has 0 atom stereocenters. The lowest BCUT2D eigenvalue weighted by molar-refractivity contribution is 0.535. The smallest absolute Gasteiger partial charge is 0.177 e. The van der Waals surface area contributed by atoms with Crippen LogP contribution in [0.25, 0.3) is 0 Å². The number of aromatic nitrogens is 2. The summed E-state index contributed by atoms with van der Waals surface area (Å²) < 4.78 is 3.14. The highest BCUT2D eigenvalue weighted by Gasteiger charge is 2.01. The number of imidazole rings is 1. The number of aryl methyl sites for hydroxylation is 1. The summed E-state index contributed by atoms with van der Waals surface area (Å²) in [6.07, 6.45) is 14.1. The van der Waals surface area contributed by atoms with Gasteiger partial charge in [-0.2, -0.15) is 0 Å². The molecule has 0 radical (unpaired) electrons. The van der Waals surface area contributed by atoms with Gasteiger partial charge < -0.3 is 9.55 Å². The first kappa shape index (κ1) is 15.5. The Morgan fingerprint density at radius 2 is 1.61 bits per heavy atom. The normalized spacial score (nSPS) is 11.0. The van der Waals surface area contributed by atoms with Crippen LogP contribution in [0.1, 0.15) is 70.9 Å². The Morgan fingerprint density at radius 1 is 1.00 bits per heavy atom. The third kappa shape index (κ3) is 5.38. The zero-order valence-electron chi connectivity index (χ0n) is 12.0. The molecule has 0 amide bonds. The molecule has 1 rings (SSSR count). The summed E-state index contributed by atoms with van der Waals surface area (Å²) in [4.78, 5) is 3.14. The third-order valence-corrected chi connectivity index (χ3v) is 3.89. The first-order valence-electron chi connectivity index (χ1n) is 7.56. The Balaban J connectivity index is 2.10. The molecule has 0 aliphatic heterocycles. The lowest BCUT2D eigenvalue weighted by atomic mass is 10.1. The maximum atomic E-state index is 5.30. The molecule has 3 heteroatoms. The SMILES string of the molecule is CCCCCCCCCCn1c(CC)c[nH]c1=S. The first-order chi connectivity index (χ1) is 8.79. The first-order valence-corrected chi connectivity index (χ1v) is 7.97. The van der Waals surface area contributed by atoms with E-state index in [2.05, 4.69) is 23.4 Å². The predicted octanol–water partition coefficient (Wildman–Crippen LogP) is 5.25. The summed E-state index contributed by atoms with van der Waals surface area (Å²) >= 11 is 5.30. The van der Waals surface area contributed by atoms with Crippen molar-refractivity contribution in [3.63, 3.8) is 0 Å². The van der Waals surface area contributed by atoms with Crippen molar-refractivity contribution in [2.75, 3.05) is 0 Å². The number of nitrogens with one attached hydrogen (secondary N) is 1. The Labute approximate surface area is 117 Å². The molecule has 0 spiro atoms. The van der Waals surface area contributed by atoms with Crippen LogP contribution in [0.2, 0.25) is 0 Å². The molecule has 0 bridgehead atoms. The van der Waals surface area contributed by atoms with E-state index in [4.69, 9.17) is 12.2 Å². The van der Waals surface area contributed by atoms with Gasteiger partial charge in [0.1, 0.15) is 0 Å². The van der Waals surface area contributed by atoms with Gasteiger partial charge in [0.2, 0.25) is 0 Å². The van der Waals surface area contributed by atoms with Crippen molar-refractivity contribution in [1.82, 2.24) is 9.55 Å². The summed E-state index contributed by atoms with van der Waals surface area (Å²) in [6.45, 7) is 5.54. The van der Waals surface area contributed by atoms with Gasteiger partial charge in [-0.05, 0) is 25.1 Å². The average Bonchev–Trinajstić information content (AvgIpc) is 2.73. The van der Waals surface area contributed by atoms with Crippen LogP contribution in [-0.4, -0.2) is 9.55 Å². The zero-order valence-corrected chi connectivity index (χ0v) is 12.8. The molecule has 18 heavy (non-hydrogen) atoms. The van der Waals surface area contributed by atoms with Crippen LogP contribution in [-0.2, 0) is 13.0 Å². The summed E-state index contributed by atoms with van der Waals surface area (Å²) in [5.41, 5.74) is 1.34. The monoisotopic (exact) mass is 268 g/mol. The van der Waals surface area contributed by atoms with Crippen molar-refractivity contribution < 1.29 is 0 Å². The highest BCUT2D eigenvalue weighted by Crippen LogP contribution is 2.10. The molecule has 0 aliphatic carbocycles. The van der Waals surface area contributed by atoms with E-state index in [0.29, 0.717) is 0 Å². The molecule has 2 nitrogen and oxygen atoms in total. The molecule has 0 saturated carbocycles. The van der Waals surface area contributed by atoms with Crippen molar-refractivity contribution in [1.29, 1.82) is 0 Å². The lowest BCUT2D eigenvalue weighted by Crippen LogP contribution is -2.02. The van der Waals surface area contributed by atoms with Gasteiger partial charge >= 0.3 is 0 Å².